The smallest absolute Gasteiger partial charge is 0.488 e. The molecule has 0 atom stereocenters. The number of nitrogens with one attached hydrogen (secondary N) is 1. The Morgan fingerprint density at radius 3 is 2.13 bits per heavy atom. The fourth-order valence-electron chi connectivity index (χ4n) is 1.76. The van der Waals surface area contributed by atoms with Gasteiger partial charge in [-0.15, -0.1) is 0 Å². The summed E-state index contributed by atoms with van der Waals surface area (Å²) in [6.45, 7) is 1.71. The molecule has 0 radical (unpaired) electrons. The van der Waals surface area contributed by atoms with Crippen molar-refractivity contribution in [1.82, 2.24) is 0 Å². The Balaban J connectivity index is 1.91. The first-order chi connectivity index (χ1) is 10.8. The molecule has 0 heterocycles. The van der Waals surface area contributed by atoms with E-state index in [0.29, 0.717) is 11.4 Å². The average molecular weight is 339 g/mol. The fraction of sp³-hybridized carbons (Fsp3) is 0.133. The third-order valence-electron chi connectivity index (χ3n) is 2.70. The Hall–Kier alpha value is -2.61. The van der Waals surface area contributed by atoms with E-state index in [1.54, 1.807) is 24.3 Å². The molecule has 0 bridgehead atoms. The minimum Gasteiger partial charge on any atom is -0.489 e. The van der Waals surface area contributed by atoms with Gasteiger partial charge in [0.15, 0.2) is 0 Å². The predicted octanol–water partition coefficient (Wildman–Crippen LogP) is 2.82. The maximum atomic E-state index is 12.3. The highest BCUT2D eigenvalue weighted by atomic mass is 32.3. The van der Waals surface area contributed by atoms with E-state index in [1.165, 1.54) is 31.2 Å². The number of anilines is 1. The first-order valence-electron chi connectivity index (χ1n) is 6.55. The number of hydrogen-bond acceptors (Lipinski definition) is 5. The molecule has 6 nitrogen and oxygen atoms in total. The van der Waals surface area contributed by atoms with Gasteiger partial charge in [-0.05, 0) is 42.0 Å². The van der Waals surface area contributed by atoms with Crippen molar-refractivity contribution < 1.29 is 26.0 Å². The normalized spacial score (nSPS) is 10.9. The summed E-state index contributed by atoms with van der Waals surface area (Å²) >= 11 is 0. The van der Waals surface area contributed by atoms with Gasteiger partial charge in [0, 0.05) is 12.6 Å². The van der Waals surface area contributed by atoms with Crippen LogP contribution in [0.2, 0.25) is 0 Å². The van der Waals surface area contributed by atoms with E-state index in [-0.39, 0.29) is 18.3 Å². The molecule has 0 aromatic heterocycles. The van der Waals surface area contributed by atoms with E-state index in [4.69, 9.17) is 4.74 Å². The van der Waals surface area contributed by atoms with E-state index < -0.39 is 10.5 Å². The predicted molar refractivity (Wildman–Crippen MR) is 82.2 cm³/mol. The minimum absolute atomic E-state index is 0.139. The highest BCUT2D eigenvalue weighted by Crippen LogP contribution is 2.20. The number of carbonyl (C=O) groups is 1. The van der Waals surface area contributed by atoms with Gasteiger partial charge in [-0.1, -0.05) is 16.0 Å². The van der Waals surface area contributed by atoms with Gasteiger partial charge < -0.3 is 14.2 Å². The summed E-state index contributed by atoms with van der Waals surface area (Å²) in [5.41, 5.74) is 1.57. The summed E-state index contributed by atoms with van der Waals surface area (Å²) in [7, 11) is -5.03. The van der Waals surface area contributed by atoms with Gasteiger partial charge in [-0.3, -0.25) is 4.79 Å². The van der Waals surface area contributed by atoms with Crippen LogP contribution in [0.15, 0.2) is 48.5 Å². The van der Waals surface area contributed by atoms with Gasteiger partial charge in [0.2, 0.25) is 5.91 Å². The lowest BCUT2D eigenvalue weighted by molar-refractivity contribution is -0.114. The van der Waals surface area contributed by atoms with Gasteiger partial charge in [0.1, 0.15) is 18.1 Å². The van der Waals surface area contributed by atoms with Gasteiger partial charge in [0.25, 0.3) is 0 Å². The molecule has 0 aliphatic carbocycles. The molecule has 0 saturated carbocycles. The Morgan fingerprint density at radius 1 is 1.04 bits per heavy atom. The van der Waals surface area contributed by atoms with Crippen molar-refractivity contribution in [2.75, 3.05) is 5.32 Å². The topological polar surface area (TPSA) is 81.7 Å². The summed E-state index contributed by atoms with van der Waals surface area (Å²) in [6.07, 6.45) is 0. The molecule has 0 unspecified atom stereocenters. The molecular formula is C15H14FNO5S. The molecule has 0 aliphatic rings. The van der Waals surface area contributed by atoms with Crippen LogP contribution in [0, 0.1) is 0 Å². The number of benzene rings is 2. The van der Waals surface area contributed by atoms with Gasteiger partial charge in [0.05, 0.1) is 0 Å². The van der Waals surface area contributed by atoms with Crippen LogP contribution in [0.25, 0.3) is 0 Å². The maximum absolute atomic E-state index is 12.3. The molecule has 2 rings (SSSR count). The maximum Gasteiger partial charge on any atom is 0.488 e. The van der Waals surface area contributed by atoms with E-state index in [2.05, 4.69) is 9.50 Å². The van der Waals surface area contributed by atoms with Crippen LogP contribution in [-0.2, 0) is 21.9 Å². The van der Waals surface area contributed by atoms with Crippen molar-refractivity contribution in [3.63, 3.8) is 0 Å². The van der Waals surface area contributed by atoms with Crippen LogP contribution in [0.3, 0.4) is 0 Å². The van der Waals surface area contributed by atoms with Crippen LogP contribution in [0.5, 0.6) is 11.5 Å². The van der Waals surface area contributed by atoms with Crippen LogP contribution in [0.4, 0.5) is 9.57 Å². The second-order valence-corrected chi connectivity index (χ2v) is 5.57. The second-order valence-electron chi connectivity index (χ2n) is 4.61. The molecule has 1 amide bonds. The molecule has 8 heteroatoms. The average Bonchev–Trinajstić information content (AvgIpc) is 2.46. The van der Waals surface area contributed by atoms with Crippen molar-refractivity contribution in [2.24, 2.45) is 0 Å². The van der Waals surface area contributed by atoms with E-state index in [0.717, 1.165) is 5.56 Å². The summed E-state index contributed by atoms with van der Waals surface area (Å²) in [4.78, 5) is 10.9. The molecule has 0 spiro atoms. The highest BCUT2D eigenvalue weighted by Gasteiger charge is 2.09. The third-order valence-corrected chi connectivity index (χ3v) is 3.09. The molecule has 122 valence electrons. The van der Waals surface area contributed by atoms with Crippen LogP contribution < -0.4 is 14.2 Å². The zero-order valence-electron chi connectivity index (χ0n) is 12.2. The molecule has 0 aliphatic heterocycles. The highest BCUT2D eigenvalue weighted by molar-refractivity contribution is 7.81. The minimum atomic E-state index is -5.03. The number of amides is 1. The number of hydrogen-bond donors (Lipinski definition) is 1. The van der Waals surface area contributed by atoms with Crippen molar-refractivity contribution in [1.29, 1.82) is 0 Å². The number of carbonyl (C=O) groups excluding carboxylic acids is 1. The Morgan fingerprint density at radius 2 is 1.61 bits per heavy atom. The number of halogens is 1. The van der Waals surface area contributed by atoms with Crippen LogP contribution >= 0.6 is 0 Å². The molecular weight excluding hydrogens is 325 g/mol. The summed E-state index contributed by atoms with van der Waals surface area (Å²) in [5.74, 6) is 0.186. The molecule has 2 aromatic carbocycles. The lowest BCUT2D eigenvalue weighted by Crippen LogP contribution is -2.05. The van der Waals surface area contributed by atoms with Crippen molar-refractivity contribution >= 4 is 22.1 Å². The number of rotatable bonds is 6. The quantitative estimate of drug-likeness (QED) is 0.819. The Bertz CT molecular complexity index is 773. The van der Waals surface area contributed by atoms with Crippen molar-refractivity contribution in [2.45, 2.75) is 13.5 Å². The van der Waals surface area contributed by atoms with Gasteiger partial charge in [-0.2, -0.15) is 8.42 Å². The summed E-state index contributed by atoms with van der Waals surface area (Å²) < 4.78 is 42.6. The van der Waals surface area contributed by atoms with Gasteiger partial charge in [-0.25, -0.2) is 0 Å². The first-order valence-corrected chi connectivity index (χ1v) is 7.86. The molecule has 1 N–H and O–H groups in total. The standard InChI is InChI=1S/C15H14FNO5S/c1-11(18)17-13-4-2-12(3-5-13)10-21-14-6-8-15(9-7-14)22-23(16,19)20/h2-9H,10H2,1H3,(H,17,18). The lowest BCUT2D eigenvalue weighted by atomic mass is 10.2. The lowest BCUT2D eigenvalue weighted by Gasteiger charge is -2.08. The molecule has 2 aromatic rings. The zero-order valence-corrected chi connectivity index (χ0v) is 13.0. The molecule has 0 saturated heterocycles. The van der Waals surface area contributed by atoms with Gasteiger partial charge >= 0.3 is 10.5 Å². The Kier molecular flexibility index (Phi) is 5.17. The SMILES string of the molecule is CC(=O)Nc1ccc(COc2ccc(OS(=O)(=O)F)cc2)cc1. The van der Waals surface area contributed by atoms with E-state index in [1.807, 2.05) is 0 Å². The monoisotopic (exact) mass is 339 g/mol. The van der Waals surface area contributed by atoms with Crippen molar-refractivity contribution in [3.05, 3.63) is 54.1 Å². The third kappa shape index (κ3) is 5.95. The summed E-state index contributed by atoms with van der Waals surface area (Å²) in [6, 6.07) is 12.6. The number of ether oxygens (including phenoxy) is 1. The second kappa shape index (κ2) is 7.10. The fourth-order valence-corrected chi connectivity index (χ4v) is 2.10. The first kappa shape index (κ1) is 16.8. The van der Waals surface area contributed by atoms with E-state index >= 15 is 0 Å². The molecule has 0 fully saturated rings. The Labute approximate surface area is 133 Å². The van der Waals surface area contributed by atoms with Crippen LogP contribution in [0.1, 0.15) is 12.5 Å². The molecule has 23 heavy (non-hydrogen) atoms. The van der Waals surface area contributed by atoms with E-state index in [9.17, 15) is 17.1 Å². The van der Waals surface area contributed by atoms with Crippen molar-refractivity contribution in [3.8, 4) is 11.5 Å². The zero-order chi connectivity index (χ0) is 16.9. The largest absolute Gasteiger partial charge is 0.489 e. The van der Waals surface area contributed by atoms with Crippen LogP contribution in [-0.4, -0.2) is 14.3 Å². The summed E-state index contributed by atoms with van der Waals surface area (Å²) in [5, 5.41) is 2.66.